The molecule has 0 atom stereocenters. The monoisotopic (exact) mass is 330 g/mol. The van der Waals surface area contributed by atoms with E-state index < -0.39 is 5.66 Å². The zero-order valence-electron chi connectivity index (χ0n) is 13.1. The number of pyridine rings is 1. The molecule has 2 aromatic rings. The van der Waals surface area contributed by atoms with Crippen LogP contribution in [-0.4, -0.2) is 10.6 Å². The number of nitrogens with two attached hydrogens (primary N) is 3. The molecule has 0 amide bonds. The number of nitrogen functional groups attached to an aromatic ring is 1. The summed E-state index contributed by atoms with van der Waals surface area (Å²) in [6, 6.07) is 13.6. The summed E-state index contributed by atoms with van der Waals surface area (Å²) in [7, 11) is 0. The largest absolute Gasteiger partial charge is 0.399 e. The van der Waals surface area contributed by atoms with Gasteiger partial charge in [-0.3, -0.25) is 4.98 Å². The molecule has 0 spiro atoms. The van der Waals surface area contributed by atoms with E-state index in [1.54, 1.807) is 6.20 Å². The van der Waals surface area contributed by atoms with Gasteiger partial charge in [-0.25, -0.2) is 0 Å². The Balaban J connectivity index is 0.000000280. The summed E-state index contributed by atoms with van der Waals surface area (Å²) in [5, 5.41) is 0. The van der Waals surface area contributed by atoms with Crippen LogP contribution in [0.3, 0.4) is 0 Å². The summed E-state index contributed by atoms with van der Waals surface area (Å²) in [5.74, 6) is 0. The molecule has 0 unspecified atom stereocenters. The van der Waals surface area contributed by atoms with Crippen molar-refractivity contribution in [1.29, 1.82) is 0 Å². The van der Waals surface area contributed by atoms with Gasteiger partial charge in [-0.15, -0.1) is 12.4 Å². The third-order valence-electron chi connectivity index (χ3n) is 3.31. The predicted molar refractivity (Wildman–Crippen MR) is 99.9 cm³/mol. The number of aryl methyl sites for hydroxylation is 1. The van der Waals surface area contributed by atoms with Crippen LogP contribution in [0.25, 0.3) is 5.57 Å². The maximum absolute atomic E-state index is 5.77. The van der Waals surface area contributed by atoms with Crippen LogP contribution in [0.4, 0.5) is 5.69 Å². The van der Waals surface area contributed by atoms with E-state index in [2.05, 4.69) is 4.98 Å². The topological polar surface area (TPSA) is 90.9 Å². The van der Waals surface area contributed by atoms with E-state index in [0.717, 1.165) is 22.5 Å². The average molecular weight is 331 g/mol. The van der Waals surface area contributed by atoms with Gasteiger partial charge in [0.15, 0.2) is 0 Å². The van der Waals surface area contributed by atoms with Crippen LogP contribution in [-0.2, 0) is 0 Å². The van der Waals surface area contributed by atoms with E-state index in [-0.39, 0.29) is 12.4 Å². The zero-order valence-corrected chi connectivity index (χ0v) is 14.0. The summed E-state index contributed by atoms with van der Waals surface area (Å²) in [5.41, 5.74) is 20.6. The van der Waals surface area contributed by atoms with Gasteiger partial charge in [0.1, 0.15) is 0 Å². The molecule has 6 N–H and O–H groups in total. The van der Waals surface area contributed by atoms with E-state index in [1.165, 1.54) is 0 Å². The maximum Gasteiger partial charge on any atom is 0.0867 e. The van der Waals surface area contributed by atoms with Crippen molar-refractivity contribution in [2.45, 2.75) is 19.0 Å². The first-order valence-electron chi connectivity index (χ1n) is 7.17. The molecule has 1 aromatic carbocycles. The van der Waals surface area contributed by atoms with E-state index in [1.807, 2.05) is 67.6 Å². The lowest BCUT2D eigenvalue weighted by Crippen LogP contribution is -2.47. The highest BCUT2D eigenvalue weighted by atomic mass is 35.5. The molecule has 3 rings (SSSR count). The molecule has 1 heterocycles. The minimum Gasteiger partial charge on any atom is -0.399 e. The number of rotatable bonds is 1. The van der Waals surface area contributed by atoms with Crippen molar-refractivity contribution < 1.29 is 0 Å². The molecule has 4 nitrogen and oxygen atoms in total. The van der Waals surface area contributed by atoms with Gasteiger partial charge in [-0.2, -0.15) is 0 Å². The van der Waals surface area contributed by atoms with E-state index >= 15 is 0 Å². The molecule has 23 heavy (non-hydrogen) atoms. The molecule has 0 bridgehead atoms. The molecule has 1 aliphatic rings. The minimum atomic E-state index is -0.697. The van der Waals surface area contributed by atoms with Crippen molar-refractivity contribution >= 4 is 23.7 Å². The lowest BCUT2D eigenvalue weighted by Gasteiger charge is -2.22. The first-order chi connectivity index (χ1) is 10.5. The first-order valence-corrected chi connectivity index (χ1v) is 7.17. The number of allylic oxidation sites excluding steroid dienone is 2. The Morgan fingerprint density at radius 3 is 2.17 bits per heavy atom. The van der Waals surface area contributed by atoms with Crippen LogP contribution in [0, 0.1) is 6.92 Å². The predicted octanol–water partition coefficient (Wildman–Crippen LogP) is 3.04. The normalized spacial score (nSPS) is 14.8. The lowest BCUT2D eigenvalue weighted by atomic mass is 9.94. The maximum atomic E-state index is 5.77. The fourth-order valence-electron chi connectivity index (χ4n) is 2.01. The number of aromatic nitrogens is 1. The molecule has 1 aliphatic carbocycles. The molecule has 122 valence electrons. The van der Waals surface area contributed by atoms with Gasteiger partial charge in [0.25, 0.3) is 0 Å². The van der Waals surface area contributed by atoms with Gasteiger partial charge >= 0.3 is 0 Å². The van der Waals surface area contributed by atoms with Crippen LogP contribution < -0.4 is 17.2 Å². The van der Waals surface area contributed by atoms with E-state index in [4.69, 9.17) is 17.2 Å². The average Bonchev–Trinajstić information content (AvgIpc) is 2.50. The molecule has 0 saturated carbocycles. The highest BCUT2D eigenvalue weighted by molar-refractivity contribution is 5.85. The van der Waals surface area contributed by atoms with Crippen molar-refractivity contribution in [3.8, 4) is 0 Å². The van der Waals surface area contributed by atoms with Crippen LogP contribution in [0.2, 0.25) is 0 Å². The van der Waals surface area contributed by atoms with Crippen molar-refractivity contribution in [2.24, 2.45) is 11.5 Å². The fraction of sp³-hybridized carbons (Fsp3) is 0.167. The third kappa shape index (κ3) is 6.24. The van der Waals surface area contributed by atoms with Crippen LogP contribution >= 0.6 is 12.4 Å². The Labute approximate surface area is 143 Å². The number of benzene rings is 1. The smallest absolute Gasteiger partial charge is 0.0867 e. The molecule has 5 heteroatoms. The Morgan fingerprint density at radius 2 is 1.74 bits per heavy atom. The Morgan fingerprint density at radius 1 is 1.04 bits per heavy atom. The van der Waals surface area contributed by atoms with Gasteiger partial charge < -0.3 is 17.2 Å². The fourth-order valence-corrected chi connectivity index (χ4v) is 2.01. The lowest BCUT2D eigenvalue weighted by molar-refractivity contribution is 0.559. The number of anilines is 1. The molecule has 1 aromatic heterocycles. The van der Waals surface area contributed by atoms with Crippen LogP contribution in [0.5, 0.6) is 0 Å². The Bertz CT molecular complexity index is 661. The molecule has 0 saturated heterocycles. The number of halogens is 1. The van der Waals surface area contributed by atoms with E-state index in [0.29, 0.717) is 6.42 Å². The van der Waals surface area contributed by atoms with Crippen molar-refractivity contribution in [3.63, 3.8) is 0 Å². The number of nitrogens with zero attached hydrogens (tertiary/aromatic N) is 1. The highest BCUT2D eigenvalue weighted by Gasteiger charge is 2.17. The second kappa shape index (κ2) is 8.48. The number of hydrogen-bond acceptors (Lipinski definition) is 4. The van der Waals surface area contributed by atoms with Crippen molar-refractivity contribution in [1.82, 2.24) is 4.98 Å². The second-order valence-corrected chi connectivity index (χ2v) is 5.40. The quantitative estimate of drug-likeness (QED) is 0.553. The molecule has 0 fully saturated rings. The summed E-state index contributed by atoms with van der Waals surface area (Å²) >= 11 is 0. The van der Waals surface area contributed by atoms with Crippen molar-refractivity contribution in [3.05, 3.63) is 78.1 Å². The minimum absolute atomic E-state index is 0. The van der Waals surface area contributed by atoms with Crippen LogP contribution in [0.15, 0.2) is 66.9 Å². The van der Waals surface area contributed by atoms with Crippen LogP contribution in [0.1, 0.15) is 17.7 Å². The Kier molecular flexibility index (Phi) is 6.97. The third-order valence-corrected chi connectivity index (χ3v) is 3.31. The van der Waals surface area contributed by atoms with Gasteiger partial charge in [-0.1, -0.05) is 30.4 Å². The van der Waals surface area contributed by atoms with E-state index in [9.17, 15) is 0 Å². The van der Waals surface area contributed by atoms with Crippen molar-refractivity contribution in [2.75, 3.05) is 5.73 Å². The highest BCUT2D eigenvalue weighted by Crippen LogP contribution is 2.23. The molecule has 0 aliphatic heterocycles. The summed E-state index contributed by atoms with van der Waals surface area (Å²) in [6.07, 6.45) is 8.28. The summed E-state index contributed by atoms with van der Waals surface area (Å²) < 4.78 is 0. The second-order valence-electron chi connectivity index (χ2n) is 5.40. The molecular weight excluding hydrogens is 308 g/mol. The van der Waals surface area contributed by atoms with Gasteiger partial charge in [0, 0.05) is 24.0 Å². The molecular formula is C18H23ClN4. The Hall–Kier alpha value is -2.14. The summed E-state index contributed by atoms with van der Waals surface area (Å²) in [6.45, 7) is 1.97. The van der Waals surface area contributed by atoms with Gasteiger partial charge in [0.05, 0.1) is 5.66 Å². The zero-order chi connectivity index (χ0) is 16.0. The summed E-state index contributed by atoms with van der Waals surface area (Å²) in [4.78, 5) is 3.98. The number of hydrogen-bond donors (Lipinski definition) is 3. The molecule has 0 radical (unpaired) electrons. The first kappa shape index (κ1) is 18.9. The standard InChI is InChI=1S/C12H15N3.C6H7N.ClH/c13-11-3-1-9(2-4-11)10-5-7-12(14,15)8-6-10;1-6-4-2-3-5-7-6;/h1-7H,8,13-15H2;2-5H,1H3;1H. The SMILES string of the molecule is Cc1ccccn1.Cl.Nc1ccc(C2=CCC(N)(N)C=C2)cc1. The van der Waals surface area contributed by atoms with Gasteiger partial charge in [0.2, 0.25) is 0 Å². The van der Waals surface area contributed by atoms with Gasteiger partial charge in [-0.05, 0) is 48.4 Å².